The first-order valence-corrected chi connectivity index (χ1v) is 13.4. The van der Waals surface area contributed by atoms with Gasteiger partial charge in [-0.1, -0.05) is 62.4 Å². The summed E-state index contributed by atoms with van der Waals surface area (Å²) in [6, 6.07) is 25.9. The van der Waals surface area contributed by atoms with Crippen LogP contribution in [0.2, 0.25) is 0 Å². The molecular formula is C32H40N4O. The van der Waals surface area contributed by atoms with Crippen molar-refractivity contribution in [1.29, 1.82) is 0 Å². The Morgan fingerprint density at radius 2 is 1.76 bits per heavy atom. The minimum absolute atomic E-state index is 0.227. The zero-order valence-corrected chi connectivity index (χ0v) is 22.6. The highest BCUT2D eigenvalue weighted by Gasteiger charge is 2.11. The minimum atomic E-state index is 0.227. The quantitative estimate of drug-likeness (QED) is 0.197. The van der Waals surface area contributed by atoms with Crippen LogP contribution < -0.4 is 15.4 Å². The van der Waals surface area contributed by atoms with Crippen LogP contribution in [0.4, 0.5) is 5.82 Å². The molecule has 1 atom stereocenters. The molecule has 4 aromatic rings. The van der Waals surface area contributed by atoms with E-state index in [0.29, 0.717) is 0 Å². The molecule has 0 bridgehead atoms. The molecule has 0 amide bonds. The lowest BCUT2D eigenvalue weighted by atomic mass is 9.99. The maximum atomic E-state index is 5.68. The number of hydrogen-bond acceptors (Lipinski definition) is 5. The molecule has 0 aliphatic rings. The van der Waals surface area contributed by atoms with Gasteiger partial charge in [0.1, 0.15) is 11.6 Å². The van der Waals surface area contributed by atoms with Crippen LogP contribution >= 0.6 is 0 Å². The van der Waals surface area contributed by atoms with Crippen LogP contribution in [0.15, 0.2) is 79.0 Å². The third-order valence-corrected chi connectivity index (χ3v) is 7.09. The highest BCUT2D eigenvalue weighted by atomic mass is 16.5. The van der Waals surface area contributed by atoms with Crippen molar-refractivity contribution >= 4 is 16.6 Å². The Morgan fingerprint density at radius 3 is 2.51 bits per heavy atom. The van der Waals surface area contributed by atoms with Crippen molar-refractivity contribution in [2.24, 2.45) is 0 Å². The van der Waals surface area contributed by atoms with Gasteiger partial charge in [-0.3, -0.25) is 0 Å². The number of nitrogens with one attached hydrogen (secondary N) is 2. The van der Waals surface area contributed by atoms with E-state index in [-0.39, 0.29) is 6.04 Å². The summed E-state index contributed by atoms with van der Waals surface area (Å²) in [4.78, 5) is 7.10. The number of rotatable bonds is 13. The SMILES string of the molecule is CCN(CC)CCCNc1ccc(-c2cc(CN[C@H](C)c3cccc4ccccc34)ccc2OC)cn1. The van der Waals surface area contributed by atoms with Crippen molar-refractivity contribution in [2.45, 2.75) is 39.8 Å². The van der Waals surface area contributed by atoms with Gasteiger partial charge in [0.25, 0.3) is 0 Å². The average Bonchev–Trinajstić information content (AvgIpc) is 2.96. The van der Waals surface area contributed by atoms with Crippen LogP contribution in [0.25, 0.3) is 21.9 Å². The monoisotopic (exact) mass is 496 g/mol. The summed E-state index contributed by atoms with van der Waals surface area (Å²) in [5.74, 6) is 1.76. The normalized spacial score (nSPS) is 12.1. The number of methoxy groups -OCH3 is 1. The maximum Gasteiger partial charge on any atom is 0.126 e. The molecular weight excluding hydrogens is 456 g/mol. The number of benzene rings is 3. The van der Waals surface area contributed by atoms with Gasteiger partial charge in [0.05, 0.1) is 7.11 Å². The molecule has 0 radical (unpaired) electrons. The number of pyridine rings is 1. The van der Waals surface area contributed by atoms with Gasteiger partial charge in [0.15, 0.2) is 0 Å². The molecule has 0 aliphatic carbocycles. The highest BCUT2D eigenvalue weighted by molar-refractivity contribution is 5.86. The zero-order valence-electron chi connectivity index (χ0n) is 22.6. The number of anilines is 1. The van der Waals surface area contributed by atoms with Gasteiger partial charge in [0.2, 0.25) is 0 Å². The molecule has 5 nitrogen and oxygen atoms in total. The second-order valence-electron chi connectivity index (χ2n) is 9.44. The number of aromatic nitrogens is 1. The standard InChI is InChI=1S/C32H40N4O/c1-5-36(6-2)20-10-19-33-32-18-16-27(23-35-32)30-21-25(15-17-31(30)37-4)22-34-24(3)28-14-9-12-26-11-7-8-13-29(26)28/h7-9,11-18,21,23-24,34H,5-6,10,19-20,22H2,1-4H3,(H,33,35)/t24-/m1/s1. The molecule has 2 N–H and O–H groups in total. The van der Waals surface area contributed by atoms with E-state index in [0.717, 1.165) is 61.8 Å². The molecule has 0 fully saturated rings. The van der Waals surface area contributed by atoms with Crippen molar-refractivity contribution in [3.8, 4) is 16.9 Å². The molecule has 0 spiro atoms. The van der Waals surface area contributed by atoms with E-state index in [1.165, 1.54) is 21.9 Å². The summed E-state index contributed by atoms with van der Waals surface area (Å²) in [5, 5.41) is 9.73. The van der Waals surface area contributed by atoms with E-state index < -0.39 is 0 Å². The van der Waals surface area contributed by atoms with Crippen LogP contribution in [0, 0.1) is 0 Å². The lowest BCUT2D eigenvalue weighted by molar-refractivity contribution is 0.303. The second kappa shape index (κ2) is 13.2. The Morgan fingerprint density at radius 1 is 0.946 bits per heavy atom. The van der Waals surface area contributed by atoms with Gasteiger partial charge in [-0.15, -0.1) is 0 Å². The largest absolute Gasteiger partial charge is 0.496 e. The van der Waals surface area contributed by atoms with Gasteiger partial charge < -0.3 is 20.3 Å². The molecule has 1 aromatic heterocycles. The Labute approximate surface area is 221 Å². The van der Waals surface area contributed by atoms with Crippen molar-refractivity contribution in [2.75, 3.05) is 38.6 Å². The topological polar surface area (TPSA) is 49.4 Å². The summed E-state index contributed by atoms with van der Waals surface area (Å²) >= 11 is 0. The first kappa shape index (κ1) is 26.6. The van der Waals surface area contributed by atoms with Gasteiger partial charge in [-0.25, -0.2) is 4.98 Å². The molecule has 5 heteroatoms. The molecule has 3 aromatic carbocycles. The Kier molecular flexibility index (Phi) is 9.52. The fourth-order valence-corrected chi connectivity index (χ4v) is 4.82. The lowest BCUT2D eigenvalue weighted by Gasteiger charge is -2.18. The third-order valence-electron chi connectivity index (χ3n) is 7.09. The highest BCUT2D eigenvalue weighted by Crippen LogP contribution is 2.31. The first-order chi connectivity index (χ1) is 18.1. The summed E-state index contributed by atoms with van der Waals surface area (Å²) in [5.41, 5.74) is 4.63. The number of hydrogen-bond donors (Lipinski definition) is 2. The molecule has 0 unspecified atom stereocenters. The minimum Gasteiger partial charge on any atom is -0.496 e. The predicted molar refractivity (Wildman–Crippen MR) is 156 cm³/mol. The van der Waals surface area contributed by atoms with Gasteiger partial charge >= 0.3 is 0 Å². The fourth-order valence-electron chi connectivity index (χ4n) is 4.82. The van der Waals surface area contributed by atoms with Crippen LogP contribution in [0.5, 0.6) is 5.75 Å². The number of fused-ring (bicyclic) bond motifs is 1. The average molecular weight is 497 g/mol. The molecule has 0 saturated carbocycles. The Balaban J connectivity index is 1.41. The van der Waals surface area contributed by atoms with Crippen LogP contribution in [0.3, 0.4) is 0 Å². The smallest absolute Gasteiger partial charge is 0.126 e. The lowest BCUT2D eigenvalue weighted by Crippen LogP contribution is -2.25. The van der Waals surface area contributed by atoms with E-state index in [1.807, 2.05) is 12.3 Å². The van der Waals surface area contributed by atoms with E-state index in [4.69, 9.17) is 4.74 Å². The molecule has 1 heterocycles. The van der Waals surface area contributed by atoms with Gasteiger partial charge in [0, 0.05) is 36.5 Å². The summed E-state index contributed by atoms with van der Waals surface area (Å²) < 4.78 is 5.68. The predicted octanol–water partition coefficient (Wildman–Crippen LogP) is 6.91. The van der Waals surface area contributed by atoms with Gasteiger partial charge in [-0.2, -0.15) is 0 Å². The molecule has 194 valence electrons. The van der Waals surface area contributed by atoms with Crippen molar-refractivity contribution in [3.05, 3.63) is 90.1 Å². The van der Waals surface area contributed by atoms with Crippen LogP contribution in [0.1, 0.15) is 44.4 Å². The maximum absolute atomic E-state index is 5.68. The zero-order chi connectivity index (χ0) is 26.0. The van der Waals surface area contributed by atoms with Crippen LogP contribution in [-0.4, -0.2) is 43.2 Å². The second-order valence-corrected chi connectivity index (χ2v) is 9.44. The third kappa shape index (κ3) is 6.88. The van der Waals surface area contributed by atoms with E-state index >= 15 is 0 Å². The Hall–Kier alpha value is -3.41. The number of nitrogens with zero attached hydrogens (tertiary/aromatic N) is 2. The number of ether oxygens (including phenoxy) is 1. The van der Waals surface area contributed by atoms with Crippen molar-refractivity contribution < 1.29 is 4.74 Å². The van der Waals surface area contributed by atoms with Crippen LogP contribution in [-0.2, 0) is 6.54 Å². The molecule has 37 heavy (non-hydrogen) atoms. The first-order valence-electron chi connectivity index (χ1n) is 13.4. The van der Waals surface area contributed by atoms with E-state index in [1.54, 1.807) is 7.11 Å². The molecule has 0 saturated heterocycles. The summed E-state index contributed by atoms with van der Waals surface area (Å²) in [7, 11) is 1.72. The van der Waals surface area contributed by atoms with E-state index in [9.17, 15) is 0 Å². The summed E-state index contributed by atoms with van der Waals surface area (Å²) in [6.07, 6.45) is 3.03. The summed E-state index contributed by atoms with van der Waals surface area (Å²) in [6.45, 7) is 11.6. The Bertz CT molecular complexity index is 1260. The van der Waals surface area contributed by atoms with E-state index in [2.05, 4.69) is 108 Å². The van der Waals surface area contributed by atoms with Crippen molar-refractivity contribution in [3.63, 3.8) is 0 Å². The van der Waals surface area contributed by atoms with Crippen molar-refractivity contribution in [1.82, 2.24) is 15.2 Å². The molecule has 0 aliphatic heterocycles. The fraction of sp³-hybridized carbons (Fsp3) is 0.344. The van der Waals surface area contributed by atoms with Gasteiger partial charge in [-0.05, 0) is 79.1 Å². The molecule has 4 rings (SSSR count).